The van der Waals surface area contributed by atoms with Crippen LogP contribution in [0, 0.1) is 0 Å². The Hall–Kier alpha value is -0.800. The first kappa shape index (κ1) is 9.74. The number of ether oxygens (including phenoxy) is 1. The lowest BCUT2D eigenvalue weighted by Crippen LogP contribution is -2.33. The van der Waals surface area contributed by atoms with Crippen molar-refractivity contribution in [1.82, 2.24) is 4.98 Å². The molecular formula is C10H12ClNO2. The van der Waals surface area contributed by atoms with Crippen LogP contribution in [-0.2, 0) is 5.60 Å². The highest BCUT2D eigenvalue weighted by Gasteiger charge is 2.36. The highest BCUT2D eigenvalue weighted by molar-refractivity contribution is 6.31. The van der Waals surface area contributed by atoms with Crippen LogP contribution in [0.25, 0.3) is 0 Å². The van der Waals surface area contributed by atoms with E-state index in [9.17, 15) is 5.11 Å². The summed E-state index contributed by atoms with van der Waals surface area (Å²) in [4.78, 5) is 4.03. The van der Waals surface area contributed by atoms with Crippen molar-refractivity contribution in [3.63, 3.8) is 0 Å². The molecule has 0 aromatic carbocycles. The Morgan fingerprint density at radius 1 is 1.57 bits per heavy atom. The molecule has 0 aliphatic heterocycles. The molecule has 4 heteroatoms. The van der Waals surface area contributed by atoms with Gasteiger partial charge < -0.3 is 9.84 Å². The van der Waals surface area contributed by atoms with Gasteiger partial charge in [0, 0.05) is 11.8 Å². The van der Waals surface area contributed by atoms with Gasteiger partial charge in [-0.15, -0.1) is 0 Å². The molecule has 0 amide bonds. The van der Waals surface area contributed by atoms with E-state index >= 15 is 0 Å². The summed E-state index contributed by atoms with van der Waals surface area (Å²) < 4.78 is 4.94. The average molecular weight is 214 g/mol. The van der Waals surface area contributed by atoms with Gasteiger partial charge in [0.25, 0.3) is 0 Å². The van der Waals surface area contributed by atoms with Crippen LogP contribution in [0.5, 0.6) is 5.88 Å². The number of halogens is 1. The van der Waals surface area contributed by atoms with Gasteiger partial charge in [0.15, 0.2) is 0 Å². The smallest absolute Gasteiger partial charge is 0.232 e. The molecule has 1 aliphatic rings. The van der Waals surface area contributed by atoms with Crippen molar-refractivity contribution >= 4 is 11.6 Å². The molecule has 1 heterocycles. The summed E-state index contributed by atoms with van der Waals surface area (Å²) in [6, 6.07) is 1.73. The zero-order valence-electron chi connectivity index (χ0n) is 7.96. The number of pyridine rings is 1. The van der Waals surface area contributed by atoms with Crippen LogP contribution < -0.4 is 4.74 Å². The summed E-state index contributed by atoms with van der Waals surface area (Å²) in [5, 5.41) is 10.5. The van der Waals surface area contributed by atoms with Crippen molar-refractivity contribution in [1.29, 1.82) is 0 Å². The fraction of sp³-hybridized carbons (Fsp3) is 0.500. The van der Waals surface area contributed by atoms with E-state index in [0.717, 1.165) is 24.8 Å². The molecule has 0 spiro atoms. The molecule has 0 saturated heterocycles. The molecule has 0 radical (unpaired) electrons. The van der Waals surface area contributed by atoms with Crippen molar-refractivity contribution in [3.8, 4) is 5.88 Å². The topological polar surface area (TPSA) is 42.4 Å². The Balaban J connectivity index is 2.32. The van der Waals surface area contributed by atoms with Crippen molar-refractivity contribution < 1.29 is 9.84 Å². The Kier molecular flexibility index (Phi) is 2.37. The molecule has 0 unspecified atom stereocenters. The molecule has 1 aliphatic carbocycles. The largest absolute Gasteiger partial charge is 0.480 e. The second kappa shape index (κ2) is 3.41. The average Bonchev–Trinajstić information content (AvgIpc) is 2.14. The monoisotopic (exact) mass is 213 g/mol. The first-order valence-corrected chi connectivity index (χ1v) is 4.96. The molecule has 1 fully saturated rings. The van der Waals surface area contributed by atoms with E-state index in [1.165, 1.54) is 7.11 Å². The molecule has 14 heavy (non-hydrogen) atoms. The van der Waals surface area contributed by atoms with Crippen molar-refractivity contribution in [3.05, 3.63) is 22.8 Å². The van der Waals surface area contributed by atoms with E-state index in [1.54, 1.807) is 12.3 Å². The summed E-state index contributed by atoms with van der Waals surface area (Å²) in [5.74, 6) is 0.401. The van der Waals surface area contributed by atoms with Crippen LogP contribution in [-0.4, -0.2) is 17.2 Å². The number of rotatable bonds is 2. The fourth-order valence-electron chi connectivity index (χ4n) is 1.63. The van der Waals surface area contributed by atoms with E-state index in [-0.39, 0.29) is 0 Å². The molecule has 0 bridgehead atoms. The SMILES string of the molecule is COc1ncc(C2(O)CCC2)cc1Cl. The lowest BCUT2D eigenvalue weighted by Gasteiger charge is -2.36. The second-order valence-electron chi connectivity index (χ2n) is 3.60. The standard InChI is InChI=1S/C10H12ClNO2/c1-14-9-8(11)5-7(6-12-9)10(13)3-2-4-10/h5-6,13H,2-4H2,1H3. The fourth-order valence-corrected chi connectivity index (χ4v) is 1.87. The van der Waals surface area contributed by atoms with Gasteiger partial charge in [0.1, 0.15) is 5.02 Å². The number of hydrogen-bond acceptors (Lipinski definition) is 3. The Morgan fingerprint density at radius 2 is 2.29 bits per heavy atom. The van der Waals surface area contributed by atoms with Gasteiger partial charge in [0.05, 0.1) is 12.7 Å². The zero-order chi connectivity index (χ0) is 10.2. The van der Waals surface area contributed by atoms with E-state index < -0.39 is 5.60 Å². The molecule has 3 nitrogen and oxygen atoms in total. The van der Waals surface area contributed by atoms with Gasteiger partial charge in [-0.1, -0.05) is 11.6 Å². The van der Waals surface area contributed by atoms with Crippen molar-refractivity contribution in [2.24, 2.45) is 0 Å². The first-order valence-electron chi connectivity index (χ1n) is 4.58. The highest BCUT2D eigenvalue weighted by Crippen LogP contribution is 2.42. The third kappa shape index (κ3) is 1.47. The minimum atomic E-state index is -0.705. The zero-order valence-corrected chi connectivity index (χ0v) is 8.71. The molecule has 1 saturated carbocycles. The highest BCUT2D eigenvalue weighted by atomic mass is 35.5. The third-order valence-electron chi connectivity index (χ3n) is 2.72. The van der Waals surface area contributed by atoms with Gasteiger partial charge in [-0.25, -0.2) is 4.98 Å². The molecule has 1 aromatic rings. The molecular weight excluding hydrogens is 202 g/mol. The molecule has 1 N–H and O–H groups in total. The summed E-state index contributed by atoms with van der Waals surface area (Å²) >= 11 is 5.92. The summed E-state index contributed by atoms with van der Waals surface area (Å²) in [7, 11) is 1.52. The van der Waals surface area contributed by atoms with E-state index in [1.807, 2.05) is 0 Å². The Morgan fingerprint density at radius 3 is 2.71 bits per heavy atom. The number of methoxy groups -OCH3 is 1. The first-order chi connectivity index (χ1) is 6.65. The predicted octanol–water partition coefficient (Wildman–Crippen LogP) is 2.12. The predicted molar refractivity (Wildman–Crippen MR) is 53.5 cm³/mol. The lowest BCUT2D eigenvalue weighted by molar-refractivity contribution is -0.0391. The van der Waals surface area contributed by atoms with E-state index in [2.05, 4.69) is 4.98 Å². The van der Waals surface area contributed by atoms with Crippen molar-refractivity contribution in [2.45, 2.75) is 24.9 Å². The van der Waals surface area contributed by atoms with Crippen LogP contribution in [0.3, 0.4) is 0 Å². The quantitative estimate of drug-likeness (QED) is 0.818. The minimum Gasteiger partial charge on any atom is -0.480 e. The van der Waals surface area contributed by atoms with E-state index in [4.69, 9.17) is 16.3 Å². The van der Waals surface area contributed by atoms with Crippen LogP contribution in [0.2, 0.25) is 5.02 Å². The summed E-state index contributed by atoms with van der Waals surface area (Å²) in [5.41, 5.74) is 0.0812. The van der Waals surface area contributed by atoms with Crippen LogP contribution in [0.15, 0.2) is 12.3 Å². The number of nitrogens with zero attached hydrogens (tertiary/aromatic N) is 1. The van der Waals surface area contributed by atoms with Gasteiger partial charge >= 0.3 is 0 Å². The van der Waals surface area contributed by atoms with Gasteiger partial charge in [-0.05, 0) is 25.3 Å². The third-order valence-corrected chi connectivity index (χ3v) is 2.99. The molecule has 1 aromatic heterocycles. The number of aliphatic hydroxyl groups is 1. The number of aromatic nitrogens is 1. The lowest BCUT2D eigenvalue weighted by atomic mass is 9.76. The maximum absolute atomic E-state index is 10.0. The molecule has 2 rings (SSSR count). The summed E-state index contributed by atoms with van der Waals surface area (Å²) in [6.07, 6.45) is 4.26. The van der Waals surface area contributed by atoms with Gasteiger partial charge in [0.2, 0.25) is 5.88 Å². The molecule has 76 valence electrons. The maximum Gasteiger partial charge on any atom is 0.232 e. The maximum atomic E-state index is 10.0. The minimum absolute atomic E-state index is 0.401. The van der Waals surface area contributed by atoms with Gasteiger partial charge in [-0.3, -0.25) is 0 Å². The Bertz CT molecular complexity index is 350. The van der Waals surface area contributed by atoms with Gasteiger partial charge in [-0.2, -0.15) is 0 Å². The second-order valence-corrected chi connectivity index (χ2v) is 4.01. The van der Waals surface area contributed by atoms with Crippen LogP contribution >= 0.6 is 11.6 Å². The van der Waals surface area contributed by atoms with E-state index in [0.29, 0.717) is 10.9 Å². The summed E-state index contributed by atoms with van der Waals surface area (Å²) in [6.45, 7) is 0. The Labute approximate surface area is 87.7 Å². The normalized spacial score (nSPS) is 18.8. The van der Waals surface area contributed by atoms with Crippen molar-refractivity contribution in [2.75, 3.05) is 7.11 Å². The van der Waals surface area contributed by atoms with Crippen LogP contribution in [0.1, 0.15) is 24.8 Å². The number of hydrogen-bond donors (Lipinski definition) is 1. The molecule has 0 atom stereocenters. The van der Waals surface area contributed by atoms with Crippen LogP contribution in [0.4, 0.5) is 0 Å².